The molecular formula is C15H12FN. The number of hydrogen-bond donors (Lipinski definition) is 0. The van der Waals surface area contributed by atoms with Gasteiger partial charge in [0.05, 0.1) is 12.5 Å². The smallest absolute Gasteiger partial charge is 0.131 e. The van der Waals surface area contributed by atoms with Gasteiger partial charge in [-0.2, -0.15) is 5.26 Å². The molecule has 0 amide bonds. The molecule has 0 spiro atoms. The van der Waals surface area contributed by atoms with Crippen molar-refractivity contribution in [3.05, 3.63) is 59.4 Å². The third-order valence-corrected chi connectivity index (χ3v) is 2.68. The summed E-state index contributed by atoms with van der Waals surface area (Å²) in [4.78, 5) is 0. The highest BCUT2D eigenvalue weighted by Crippen LogP contribution is 2.24. The van der Waals surface area contributed by atoms with Crippen molar-refractivity contribution in [1.82, 2.24) is 0 Å². The molecule has 2 rings (SSSR count). The van der Waals surface area contributed by atoms with Crippen molar-refractivity contribution in [2.75, 3.05) is 0 Å². The number of halogens is 1. The SMILES string of the molecule is Cc1ccc(-c2cc(CC#N)ccc2F)cc1. The maximum absolute atomic E-state index is 13.7. The van der Waals surface area contributed by atoms with Crippen molar-refractivity contribution in [3.63, 3.8) is 0 Å². The van der Waals surface area contributed by atoms with E-state index in [0.717, 1.165) is 16.7 Å². The fraction of sp³-hybridized carbons (Fsp3) is 0.133. The fourth-order valence-electron chi connectivity index (χ4n) is 1.73. The number of nitrogens with zero attached hydrogens (tertiary/aromatic N) is 1. The van der Waals surface area contributed by atoms with Crippen LogP contribution in [-0.2, 0) is 6.42 Å². The lowest BCUT2D eigenvalue weighted by Crippen LogP contribution is -1.89. The van der Waals surface area contributed by atoms with Crippen molar-refractivity contribution in [2.45, 2.75) is 13.3 Å². The molecule has 0 aliphatic heterocycles. The normalized spacial score (nSPS) is 9.94. The standard InChI is InChI=1S/C15H12FN/c1-11-2-5-13(6-3-11)14-10-12(8-9-17)4-7-15(14)16/h2-7,10H,8H2,1H3. The molecule has 84 valence electrons. The first-order chi connectivity index (χ1) is 8.20. The number of hydrogen-bond acceptors (Lipinski definition) is 1. The third-order valence-electron chi connectivity index (χ3n) is 2.68. The van der Waals surface area contributed by atoms with E-state index in [1.54, 1.807) is 12.1 Å². The van der Waals surface area contributed by atoms with Crippen LogP contribution in [0.5, 0.6) is 0 Å². The van der Waals surface area contributed by atoms with E-state index in [-0.39, 0.29) is 5.82 Å². The first-order valence-corrected chi connectivity index (χ1v) is 5.43. The van der Waals surface area contributed by atoms with Gasteiger partial charge in [-0.25, -0.2) is 4.39 Å². The van der Waals surface area contributed by atoms with E-state index in [9.17, 15) is 4.39 Å². The maximum Gasteiger partial charge on any atom is 0.131 e. The Morgan fingerprint density at radius 1 is 1.12 bits per heavy atom. The molecule has 0 saturated heterocycles. The Bertz CT molecular complexity index is 564. The second-order valence-corrected chi connectivity index (χ2v) is 4.02. The minimum Gasteiger partial charge on any atom is -0.206 e. The number of rotatable bonds is 2. The lowest BCUT2D eigenvalue weighted by Gasteiger charge is -2.05. The van der Waals surface area contributed by atoms with Crippen LogP contribution in [0.1, 0.15) is 11.1 Å². The average Bonchev–Trinajstić information content (AvgIpc) is 2.33. The van der Waals surface area contributed by atoms with Crippen molar-refractivity contribution < 1.29 is 4.39 Å². The van der Waals surface area contributed by atoms with Crippen LogP contribution in [0.15, 0.2) is 42.5 Å². The van der Waals surface area contributed by atoms with Crippen LogP contribution >= 0.6 is 0 Å². The molecule has 0 aliphatic carbocycles. The van der Waals surface area contributed by atoms with Crippen LogP contribution in [0.25, 0.3) is 11.1 Å². The Morgan fingerprint density at radius 2 is 1.82 bits per heavy atom. The number of aryl methyl sites for hydroxylation is 1. The highest BCUT2D eigenvalue weighted by atomic mass is 19.1. The van der Waals surface area contributed by atoms with Crippen LogP contribution < -0.4 is 0 Å². The Balaban J connectivity index is 2.47. The first kappa shape index (κ1) is 11.3. The Morgan fingerprint density at radius 3 is 2.47 bits per heavy atom. The summed E-state index contributed by atoms with van der Waals surface area (Å²) in [6.07, 6.45) is 0.305. The van der Waals surface area contributed by atoms with Gasteiger partial charge in [0.2, 0.25) is 0 Å². The molecule has 0 unspecified atom stereocenters. The quantitative estimate of drug-likeness (QED) is 0.761. The summed E-state index contributed by atoms with van der Waals surface area (Å²) in [6, 6.07) is 14.6. The Labute approximate surface area is 100 Å². The van der Waals surface area contributed by atoms with Crippen molar-refractivity contribution in [1.29, 1.82) is 5.26 Å². The second kappa shape index (κ2) is 4.80. The Kier molecular flexibility index (Phi) is 3.20. The first-order valence-electron chi connectivity index (χ1n) is 5.43. The molecule has 0 N–H and O–H groups in total. The van der Waals surface area contributed by atoms with Gasteiger partial charge in [0.1, 0.15) is 5.82 Å². The second-order valence-electron chi connectivity index (χ2n) is 4.02. The molecule has 2 aromatic carbocycles. The minimum absolute atomic E-state index is 0.254. The van der Waals surface area contributed by atoms with E-state index in [2.05, 4.69) is 6.07 Å². The molecule has 0 bridgehead atoms. The van der Waals surface area contributed by atoms with Gasteiger partial charge in [-0.3, -0.25) is 0 Å². The van der Waals surface area contributed by atoms with Gasteiger partial charge < -0.3 is 0 Å². The summed E-state index contributed by atoms with van der Waals surface area (Å²) in [5, 5.41) is 8.64. The number of benzene rings is 2. The molecule has 0 heterocycles. The van der Waals surface area contributed by atoms with Gasteiger partial charge in [0.15, 0.2) is 0 Å². The summed E-state index contributed by atoms with van der Waals surface area (Å²) >= 11 is 0. The van der Waals surface area contributed by atoms with Gasteiger partial charge in [0, 0.05) is 5.56 Å². The summed E-state index contributed by atoms with van der Waals surface area (Å²) in [7, 11) is 0. The monoisotopic (exact) mass is 225 g/mol. The maximum atomic E-state index is 13.7. The van der Waals surface area contributed by atoms with Crippen LogP contribution in [-0.4, -0.2) is 0 Å². The minimum atomic E-state index is -0.254. The molecule has 2 aromatic rings. The molecule has 0 aliphatic rings. The van der Waals surface area contributed by atoms with Gasteiger partial charge in [0.25, 0.3) is 0 Å². The predicted molar refractivity (Wildman–Crippen MR) is 65.9 cm³/mol. The third kappa shape index (κ3) is 2.51. The predicted octanol–water partition coefficient (Wildman–Crippen LogP) is 3.87. The van der Waals surface area contributed by atoms with E-state index in [1.807, 2.05) is 31.2 Å². The van der Waals surface area contributed by atoms with Crippen molar-refractivity contribution >= 4 is 0 Å². The van der Waals surface area contributed by atoms with E-state index in [0.29, 0.717) is 12.0 Å². The largest absolute Gasteiger partial charge is 0.206 e. The molecule has 0 fully saturated rings. The van der Waals surface area contributed by atoms with E-state index >= 15 is 0 Å². The zero-order chi connectivity index (χ0) is 12.3. The van der Waals surface area contributed by atoms with E-state index < -0.39 is 0 Å². The zero-order valence-electron chi connectivity index (χ0n) is 9.57. The van der Waals surface area contributed by atoms with Gasteiger partial charge in [-0.15, -0.1) is 0 Å². The fourth-order valence-corrected chi connectivity index (χ4v) is 1.73. The molecule has 17 heavy (non-hydrogen) atoms. The molecule has 0 atom stereocenters. The lowest BCUT2D eigenvalue weighted by molar-refractivity contribution is 0.631. The summed E-state index contributed by atoms with van der Waals surface area (Å²) in [6.45, 7) is 1.99. The highest BCUT2D eigenvalue weighted by molar-refractivity contribution is 5.65. The van der Waals surface area contributed by atoms with E-state index in [1.165, 1.54) is 6.07 Å². The average molecular weight is 225 g/mol. The molecule has 0 aromatic heterocycles. The summed E-state index contributed by atoms with van der Waals surface area (Å²) in [5.74, 6) is -0.254. The van der Waals surface area contributed by atoms with Crippen LogP contribution in [0.4, 0.5) is 4.39 Å². The van der Waals surface area contributed by atoms with Crippen molar-refractivity contribution in [2.24, 2.45) is 0 Å². The van der Waals surface area contributed by atoms with Crippen LogP contribution in [0, 0.1) is 24.1 Å². The Hall–Kier alpha value is -2.14. The zero-order valence-corrected chi connectivity index (χ0v) is 9.57. The van der Waals surface area contributed by atoms with Gasteiger partial charge in [-0.1, -0.05) is 35.9 Å². The lowest BCUT2D eigenvalue weighted by atomic mass is 10.0. The van der Waals surface area contributed by atoms with Gasteiger partial charge in [-0.05, 0) is 30.2 Å². The molecule has 2 heteroatoms. The van der Waals surface area contributed by atoms with Crippen LogP contribution in [0.3, 0.4) is 0 Å². The molecule has 0 saturated carbocycles. The molecule has 0 radical (unpaired) electrons. The van der Waals surface area contributed by atoms with Crippen molar-refractivity contribution in [3.8, 4) is 17.2 Å². The highest BCUT2D eigenvalue weighted by Gasteiger charge is 2.06. The molecular weight excluding hydrogens is 213 g/mol. The van der Waals surface area contributed by atoms with Crippen LogP contribution in [0.2, 0.25) is 0 Å². The molecule has 1 nitrogen and oxygen atoms in total. The van der Waals surface area contributed by atoms with Gasteiger partial charge >= 0.3 is 0 Å². The van der Waals surface area contributed by atoms with E-state index in [4.69, 9.17) is 5.26 Å². The summed E-state index contributed by atoms with van der Waals surface area (Å²) in [5.41, 5.74) is 3.37. The topological polar surface area (TPSA) is 23.8 Å². The number of nitriles is 1. The summed E-state index contributed by atoms with van der Waals surface area (Å²) < 4.78 is 13.7.